The van der Waals surface area contributed by atoms with Gasteiger partial charge in [0.2, 0.25) is 0 Å². The lowest BCUT2D eigenvalue weighted by molar-refractivity contribution is -0.0356. The molecule has 1 aliphatic heterocycles. The number of nitrogens with zero attached hydrogens (tertiary/aromatic N) is 1. The van der Waals surface area contributed by atoms with E-state index in [2.05, 4.69) is 18.9 Å². The molecule has 1 aromatic rings. The first-order chi connectivity index (χ1) is 8.54. The van der Waals surface area contributed by atoms with E-state index in [0.717, 1.165) is 30.7 Å². The largest absolute Gasteiger partial charge is 0.496 e. The highest BCUT2D eigenvalue weighted by Crippen LogP contribution is 2.32. The zero-order valence-electron chi connectivity index (χ0n) is 11.5. The first kappa shape index (κ1) is 13.4. The molecule has 1 N–H and O–H groups in total. The van der Waals surface area contributed by atoms with Crippen LogP contribution >= 0.6 is 0 Å². The van der Waals surface area contributed by atoms with Crippen molar-refractivity contribution in [3.05, 3.63) is 29.8 Å². The number of aliphatic hydroxyl groups is 1. The summed E-state index contributed by atoms with van der Waals surface area (Å²) >= 11 is 0. The molecule has 0 bridgehead atoms. The van der Waals surface area contributed by atoms with Crippen molar-refractivity contribution in [2.75, 3.05) is 20.7 Å². The molecule has 1 aromatic carbocycles. The van der Waals surface area contributed by atoms with E-state index < -0.39 is 5.60 Å². The molecule has 0 aromatic heterocycles. The van der Waals surface area contributed by atoms with Gasteiger partial charge in [0.1, 0.15) is 5.75 Å². The minimum Gasteiger partial charge on any atom is -0.496 e. The third-order valence-electron chi connectivity index (χ3n) is 4.07. The van der Waals surface area contributed by atoms with Crippen LogP contribution in [0, 0.1) is 0 Å². The van der Waals surface area contributed by atoms with Crippen molar-refractivity contribution in [2.45, 2.75) is 37.8 Å². The molecule has 0 amide bonds. The van der Waals surface area contributed by atoms with E-state index in [0.29, 0.717) is 12.5 Å². The summed E-state index contributed by atoms with van der Waals surface area (Å²) in [6.07, 6.45) is 2.32. The fourth-order valence-electron chi connectivity index (χ4n) is 2.78. The summed E-state index contributed by atoms with van der Waals surface area (Å²) in [6, 6.07) is 8.39. The van der Waals surface area contributed by atoms with E-state index >= 15 is 0 Å². The summed E-state index contributed by atoms with van der Waals surface area (Å²) in [7, 11) is 3.80. The van der Waals surface area contributed by atoms with Crippen LogP contribution in [-0.2, 0) is 6.42 Å². The highest BCUT2D eigenvalue weighted by Gasteiger charge is 2.35. The third-order valence-corrected chi connectivity index (χ3v) is 4.07. The maximum absolute atomic E-state index is 10.8. The molecule has 18 heavy (non-hydrogen) atoms. The van der Waals surface area contributed by atoms with Crippen molar-refractivity contribution in [1.29, 1.82) is 0 Å². The number of likely N-dealkylation sites (tertiary alicyclic amines) is 1. The molecule has 0 saturated carbocycles. The number of methoxy groups -OCH3 is 1. The number of ether oxygens (including phenoxy) is 1. The lowest BCUT2D eigenvalue weighted by atomic mass is 9.82. The monoisotopic (exact) mass is 249 g/mol. The number of rotatable bonds is 3. The van der Waals surface area contributed by atoms with Gasteiger partial charge in [0.15, 0.2) is 0 Å². The third kappa shape index (κ3) is 2.85. The molecule has 3 nitrogen and oxygen atoms in total. The first-order valence-corrected chi connectivity index (χ1v) is 6.58. The van der Waals surface area contributed by atoms with E-state index in [9.17, 15) is 5.11 Å². The van der Waals surface area contributed by atoms with Crippen LogP contribution in [0.3, 0.4) is 0 Å². The van der Waals surface area contributed by atoms with E-state index in [1.165, 1.54) is 0 Å². The Balaban J connectivity index is 2.13. The second-order valence-corrected chi connectivity index (χ2v) is 5.50. The Labute approximate surface area is 109 Å². The predicted molar refractivity (Wildman–Crippen MR) is 73.0 cm³/mol. The highest BCUT2D eigenvalue weighted by atomic mass is 16.5. The van der Waals surface area contributed by atoms with Crippen molar-refractivity contribution in [2.24, 2.45) is 0 Å². The van der Waals surface area contributed by atoms with Crippen LogP contribution in [-0.4, -0.2) is 42.4 Å². The Morgan fingerprint density at radius 1 is 1.44 bits per heavy atom. The topological polar surface area (TPSA) is 32.7 Å². The SMILES string of the molecule is COc1ccccc1CC1(O)CCN(C)C(C)C1. The zero-order chi connectivity index (χ0) is 13.2. The molecule has 1 saturated heterocycles. The van der Waals surface area contributed by atoms with Crippen molar-refractivity contribution in [1.82, 2.24) is 4.90 Å². The number of benzene rings is 1. The first-order valence-electron chi connectivity index (χ1n) is 6.58. The fraction of sp³-hybridized carbons (Fsp3) is 0.600. The van der Waals surface area contributed by atoms with Crippen LogP contribution < -0.4 is 4.74 Å². The van der Waals surface area contributed by atoms with Gasteiger partial charge in [-0.15, -0.1) is 0 Å². The van der Waals surface area contributed by atoms with E-state index in [1.54, 1.807) is 7.11 Å². The van der Waals surface area contributed by atoms with Gasteiger partial charge < -0.3 is 14.7 Å². The second-order valence-electron chi connectivity index (χ2n) is 5.50. The number of para-hydroxylation sites is 1. The van der Waals surface area contributed by atoms with Crippen molar-refractivity contribution >= 4 is 0 Å². The molecular weight excluding hydrogens is 226 g/mol. The lowest BCUT2D eigenvalue weighted by Gasteiger charge is -2.41. The summed E-state index contributed by atoms with van der Waals surface area (Å²) in [5, 5.41) is 10.8. The number of hydrogen-bond acceptors (Lipinski definition) is 3. The van der Waals surface area contributed by atoms with Crippen LogP contribution in [0.25, 0.3) is 0 Å². The molecule has 3 heteroatoms. The van der Waals surface area contributed by atoms with Crippen molar-refractivity contribution < 1.29 is 9.84 Å². The maximum Gasteiger partial charge on any atom is 0.122 e. The van der Waals surface area contributed by atoms with Gasteiger partial charge in [-0.25, -0.2) is 0 Å². The quantitative estimate of drug-likeness (QED) is 0.890. The average molecular weight is 249 g/mol. The summed E-state index contributed by atoms with van der Waals surface area (Å²) in [4.78, 5) is 2.30. The smallest absolute Gasteiger partial charge is 0.122 e. The van der Waals surface area contributed by atoms with Gasteiger partial charge >= 0.3 is 0 Å². The van der Waals surface area contributed by atoms with E-state index in [4.69, 9.17) is 4.74 Å². The van der Waals surface area contributed by atoms with Gasteiger partial charge in [0, 0.05) is 19.0 Å². The van der Waals surface area contributed by atoms with Gasteiger partial charge in [-0.3, -0.25) is 0 Å². The minimum absolute atomic E-state index is 0.429. The highest BCUT2D eigenvalue weighted by molar-refractivity contribution is 5.34. The molecule has 2 unspecified atom stereocenters. The molecule has 1 aliphatic rings. The van der Waals surface area contributed by atoms with Gasteiger partial charge in [-0.1, -0.05) is 18.2 Å². The molecule has 0 radical (unpaired) electrons. The molecule has 0 spiro atoms. The molecule has 1 heterocycles. The molecule has 0 aliphatic carbocycles. The zero-order valence-corrected chi connectivity index (χ0v) is 11.5. The van der Waals surface area contributed by atoms with Gasteiger partial charge in [-0.05, 0) is 38.4 Å². The summed E-state index contributed by atoms with van der Waals surface area (Å²) in [6.45, 7) is 3.12. The maximum atomic E-state index is 10.8. The molecule has 2 rings (SSSR count). The summed E-state index contributed by atoms with van der Waals surface area (Å²) in [5.41, 5.74) is 0.500. The Morgan fingerprint density at radius 3 is 2.83 bits per heavy atom. The van der Waals surface area contributed by atoms with Crippen LogP contribution in [0.2, 0.25) is 0 Å². The average Bonchev–Trinajstić information content (AvgIpc) is 2.35. The Morgan fingerprint density at radius 2 is 2.17 bits per heavy atom. The molecule has 100 valence electrons. The standard InChI is InChI=1S/C15H23NO2/c1-12-10-15(17,8-9-16(12)2)11-13-6-4-5-7-14(13)18-3/h4-7,12,17H,8-11H2,1-3H3. The van der Waals surface area contributed by atoms with E-state index in [-0.39, 0.29) is 0 Å². The van der Waals surface area contributed by atoms with Crippen LogP contribution in [0.1, 0.15) is 25.3 Å². The molecule has 2 atom stereocenters. The minimum atomic E-state index is -0.597. The van der Waals surface area contributed by atoms with Gasteiger partial charge in [-0.2, -0.15) is 0 Å². The number of piperidine rings is 1. The van der Waals surface area contributed by atoms with Crippen molar-refractivity contribution in [3.8, 4) is 5.75 Å². The van der Waals surface area contributed by atoms with Crippen LogP contribution in [0.4, 0.5) is 0 Å². The summed E-state index contributed by atoms with van der Waals surface area (Å²) in [5.74, 6) is 0.873. The molecular formula is C15H23NO2. The van der Waals surface area contributed by atoms with Gasteiger partial charge in [0.05, 0.1) is 12.7 Å². The van der Waals surface area contributed by atoms with Crippen LogP contribution in [0.15, 0.2) is 24.3 Å². The Kier molecular flexibility index (Phi) is 3.93. The molecule has 1 fully saturated rings. The predicted octanol–water partition coefficient (Wildman–Crippen LogP) is 2.08. The normalized spacial score (nSPS) is 29.2. The van der Waals surface area contributed by atoms with Gasteiger partial charge in [0.25, 0.3) is 0 Å². The second kappa shape index (κ2) is 5.29. The number of hydrogen-bond donors (Lipinski definition) is 1. The summed E-state index contributed by atoms with van der Waals surface area (Å²) < 4.78 is 5.36. The van der Waals surface area contributed by atoms with E-state index in [1.807, 2.05) is 24.3 Å². The van der Waals surface area contributed by atoms with Crippen molar-refractivity contribution in [3.63, 3.8) is 0 Å². The Bertz CT molecular complexity index is 407. The van der Waals surface area contributed by atoms with Crippen LogP contribution in [0.5, 0.6) is 5.75 Å². The Hall–Kier alpha value is -1.06. The lowest BCUT2D eigenvalue weighted by Crippen LogP contribution is -2.48. The fourth-order valence-corrected chi connectivity index (χ4v) is 2.78.